The number of hydrogen-bond acceptors (Lipinski definition) is 5. The number of nitrogens with one attached hydrogen (secondary N) is 1. The molecule has 1 unspecified atom stereocenters. The molecule has 0 aliphatic carbocycles. The standard InChI is InChI=1S/C24H20F3NO5/c25-24(26,27)16-6-3-5-15(13-16)20-10-11-21(33-20)22(29)28-19-9-2-1-8-18(19)23(30)32-14-17-7-4-12-31-17/h1-3,5-6,8-11,13,17H,4,7,12,14H2,(H,28,29). The molecule has 9 heteroatoms. The van der Waals surface area contributed by atoms with E-state index in [1.54, 1.807) is 12.1 Å². The molecule has 1 aromatic heterocycles. The topological polar surface area (TPSA) is 77.8 Å². The summed E-state index contributed by atoms with van der Waals surface area (Å²) in [5.74, 6) is -1.28. The number of hydrogen-bond donors (Lipinski definition) is 1. The summed E-state index contributed by atoms with van der Waals surface area (Å²) in [6.07, 6.45) is -2.89. The van der Waals surface area contributed by atoms with Crippen LogP contribution in [0.25, 0.3) is 11.3 Å². The molecule has 1 saturated heterocycles. The van der Waals surface area contributed by atoms with Gasteiger partial charge in [-0.1, -0.05) is 24.3 Å². The molecular weight excluding hydrogens is 439 g/mol. The highest BCUT2D eigenvalue weighted by Gasteiger charge is 2.30. The smallest absolute Gasteiger partial charge is 0.416 e. The highest BCUT2D eigenvalue weighted by molar-refractivity contribution is 6.06. The van der Waals surface area contributed by atoms with Crippen LogP contribution in [0.5, 0.6) is 0 Å². The van der Waals surface area contributed by atoms with Crippen molar-refractivity contribution in [3.8, 4) is 11.3 Å². The summed E-state index contributed by atoms with van der Waals surface area (Å²) in [5, 5.41) is 2.59. The third-order valence-electron chi connectivity index (χ3n) is 5.12. The molecular formula is C24H20F3NO5. The fourth-order valence-electron chi connectivity index (χ4n) is 3.44. The summed E-state index contributed by atoms with van der Waals surface area (Å²) < 4.78 is 55.1. The molecule has 172 valence electrons. The van der Waals surface area contributed by atoms with Crippen molar-refractivity contribution in [3.05, 3.63) is 77.6 Å². The first-order valence-electron chi connectivity index (χ1n) is 10.3. The van der Waals surface area contributed by atoms with Crippen LogP contribution >= 0.6 is 0 Å². The molecule has 4 rings (SSSR count). The zero-order valence-corrected chi connectivity index (χ0v) is 17.4. The minimum Gasteiger partial charge on any atom is -0.459 e. The van der Waals surface area contributed by atoms with Crippen molar-refractivity contribution in [1.82, 2.24) is 0 Å². The van der Waals surface area contributed by atoms with Gasteiger partial charge in [-0.25, -0.2) is 4.79 Å². The van der Waals surface area contributed by atoms with Crippen molar-refractivity contribution in [1.29, 1.82) is 0 Å². The molecule has 2 heterocycles. The number of anilines is 1. The molecule has 1 aliphatic heterocycles. The van der Waals surface area contributed by atoms with Crippen LogP contribution in [-0.4, -0.2) is 31.2 Å². The first-order chi connectivity index (χ1) is 15.8. The molecule has 3 aromatic rings. The van der Waals surface area contributed by atoms with Gasteiger partial charge in [-0.05, 0) is 49.2 Å². The Morgan fingerprint density at radius 3 is 2.64 bits per heavy atom. The average molecular weight is 459 g/mol. The van der Waals surface area contributed by atoms with E-state index in [1.165, 1.54) is 36.4 Å². The molecule has 0 radical (unpaired) electrons. The van der Waals surface area contributed by atoms with Crippen LogP contribution in [0.2, 0.25) is 0 Å². The molecule has 0 spiro atoms. The Kier molecular flexibility index (Phi) is 6.50. The molecule has 1 aliphatic rings. The van der Waals surface area contributed by atoms with Crippen LogP contribution in [0.1, 0.15) is 39.3 Å². The third-order valence-corrected chi connectivity index (χ3v) is 5.12. The van der Waals surface area contributed by atoms with Crippen LogP contribution in [0, 0.1) is 0 Å². The van der Waals surface area contributed by atoms with Gasteiger partial charge >= 0.3 is 12.1 Å². The van der Waals surface area contributed by atoms with Gasteiger partial charge in [0.1, 0.15) is 12.4 Å². The number of halogens is 3. The molecule has 1 N–H and O–H groups in total. The number of alkyl halides is 3. The number of esters is 1. The molecule has 1 atom stereocenters. The van der Waals surface area contributed by atoms with Crippen LogP contribution in [0.4, 0.5) is 18.9 Å². The Morgan fingerprint density at radius 2 is 1.88 bits per heavy atom. The number of furan rings is 1. The second-order valence-corrected chi connectivity index (χ2v) is 7.48. The fourth-order valence-corrected chi connectivity index (χ4v) is 3.44. The van der Waals surface area contributed by atoms with Gasteiger partial charge in [0.2, 0.25) is 0 Å². The Hall–Kier alpha value is -3.59. The first kappa shape index (κ1) is 22.6. The summed E-state index contributed by atoms with van der Waals surface area (Å²) in [6.45, 7) is 0.764. The normalized spacial score (nSPS) is 15.9. The number of amides is 1. The minimum atomic E-state index is -4.50. The predicted octanol–water partition coefficient (Wildman–Crippen LogP) is 5.55. The maximum absolute atomic E-state index is 13.0. The zero-order chi connectivity index (χ0) is 23.4. The summed E-state index contributed by atoms with van der Waals surface area (Å²) in [6, 6.07) is 13.7. The first-order valence-corrected chi connectivity index (χ1v) is 10.3. The van der Waals surface area contributed by atoms with Gasteiger partial charge in [-0.3, -0.25) is 4.79 Å². The van der Waals surface area contributed by atoms with E-state index in [-0.39, 0.29) is 41.0 Å². The summed E-state index contributed by atoms with van der Waals surface area (Å²) in [7, 11) is 0. The van der Waals surface area contributed by atoms with Gasteiger partial charge in [0.25, 0.3) is 5.91 Å². The molecule has 1 fully saturated rings. The predicted molar refractivity (Wildman–Crippen MR) is 113 cm³/mol. The van der Waals surface area contributed by atoms with Crippen molar-refractivity contribution in [3.63, 3.8) is 0 Å². The highest BCUT2D eigenvalue weighted by atomic mass is 19.4. The van der Waals surface area contributed by atoms with Crippen LogP contribution < -0.4 is 5.32 Å². The molecule has 2 aromatic carbocycles. The van der Waals surface area contributed by atoms with E-state index in [9.17, 15) is 22.8 Å². The number of carbonyl (C=O) groups excluding carboxylic acids is 2. The lowest BCUT2D eigenvalue weighted by Gasteiger charge is -2.12. The summed E-state index contributed by atoms with van der Waals surface area (Å²) in [4.78, 5) is 25.2. The van der Waals surface area contributed by atoms with Crippen molar-refractivity contribution in [2.75, 3.05) is 18.5 Å². The lowest BCUT2D eigenvalue weighted by Crippen LogP contribution is -2.20. The summed E-state index contributed by atoms with van der Waals surface area (Å²) >= 11 is 0. The van der Waals surface area contributed by atoms with Gasteiger partial charge in [0.15, 0.2) is 5.76 Å². The Bertz CT molecular complexity index is 1150. The van der Waals surface area contributed by atoms with Crippen LogP contribution in [0.15, 0.2) is 65.1 Å². The van der Waals surface area contributed by atoms with Crippen LogP contribution in [0.3, 0.4) is 0 Å². The number of rotatable bonds is 6. The van der Waals surface area contributed by atoms with Crippen molar-refractivity contribution < 1.29 is 36.7 Å². The van der Waals surface area contributed by atoms with E-state index < -0.39 is 23.6 Å². The fraction of sp³-hybridized carbons (Fsp3) is 0.250. The second-order valence-electron chi connectivity index (χ2n) is 7.48. The van der Waals surface area contributed by atoms with Crippen molar-refractivity contribution >= 4 is 17.6 Å². The maximum Gasteiger partial charge on any atom is 0.416 e. The molecule has 0 saturated carbocycles. The van der Waals surface area contributed by atoms with E-state index in [1.807, 2.05) is 0 Å². The monoisotopic (exact) mass is 459 g/mol. The lowest BCUT2D eigenvalue weighted by molar-refractivity contribution is -0.137. The maximum atomic E-state index is 13.0. The minimum absolute atomic E-state index is 0.107. The number of carbonyl (C=O) groups is 2. The van der Waals surface area contributed by atoms with E-state index in [0.717, 1.165) is 25.0 Å². The zero-order valence-electron chi connectivity index (χ0n) is 17.4. The van der Waals surface area contributed by atoms with E-state index in [4.69, 9.17) is 13.9 Å². The van der Waals surface area contributed by atoms with Crippen LogP contribution in [-0.2, 0) is 15.7 Å². The highest BCUT2D eigenvalue weighted by Crippen LogP contribution is 2.32. The van der Waals surface area contributed by atoms with E-state index >= 15 is 0 Å². The van der Waals surface area contributed by atoms with Crippen molar-refractivity contribution in [2.24, 2.45) is 0 Å². The van der Waals surface area contributed by atoms with E-state index in [2.05, 4.69) is 5.32 Å². The quantitative estimate of drug-likeness (QED) is 0.489. The summed E-state index contributed by atoms with van der Waals surface area (Å²) in [5.41, 5.74) is -0.259. The third kappa shape index (κ3) is 5.43. The van der Waals surface area contributed by atoms with Gasteiger partial charge in [-0.2, -0.15) is 13.2 Å². The SMILES string of the molecule is O=C(Nc1ccccc1C(=O)OCC1CCCO1)c1ccc(-c2cccc(C(F)(F)F)c2)o1. The van der Waals surface area contributed by atoms with Gasteiger partial charge in [0, 0.05) is 12.2 Å². The number of para-hydroxylation sites is 1. The van der Waals surface area contributed by atoms with Gasteiger partial charge < -0.3 is 19.2 Å². The molecule has 0 bridgehead atoms. The largest absolute Gasteiger partial charge is 0.459 e. The number of ether oxygens (including phenoxy) is 2. The lowest BCUT2D eigenvalue weighted by atomic mass is 10.1. The molecule has 1 amide bonds. The molecule has 6 nitrogen and oxygen atoms in total. The van der Waals surface area contributed by atoms with Gasteiger partial charge in [-0.15, -0.1) is 0 Å². The molecule has 33 heavy (non-hydrogen) atoms. The average Bonchev–Trinajstić information content (AvgIpc) is 3.50. The van der Waals surface area contributed by atoms with Crippen molar-refractivity contribution in [2.45, 2.75) is 25.1 Å². The van der Waals surface area contributed by atoms with E-state index in [0.29, 0.717) is 6.61 Å². The Balaban J connectivity index is 1.46. The Morgan fingerprint density at radius 1 is 1.06 bits per heavy atom. The Labute approximate surface area is 187 Å². The van der Waals surface area contributed by atoms with Gasteiger partial charge in [0.05, 0.1) is 22.9 Å². The second kappa shape index (κ2) is 9.50. The number of benzene rings is 2.